The number of likely N-dealkylation sites (tertiary alicyclic amines) is 1. The summed E-state index contributed by atoms with van der Waals surface area (Å²) in [5.74, 6) is -0.0845. The van der Waals surface area contributed by atoms with Crippen LogP contribution in [-0.4, -0.2) is 55.7 Å². The highest BCUT2D eigenvalue weighted by atomic mass is 19.4. The summed E-state index contributed by atoms with van der Waals surface area (Å²) in [6.45, 7) is 3.23. The number of nitrogens with zero attached hydrogens (tertiary/aromatic N) is 1. The molecule has 0 spiro atoms. The fraction of sp³-hybridized carbons (Fsp3) is 0.909. The van der Waals surface area contributed by atoms with Crippen molar-refractivity contribution in [3.8, 4) is 0 Å². The van der Waals surface area contributed by atoms with Gasteiger partial charge < -0.3 is 15.5 Å². The maximum absolute atomic E-state index is 12.1. The molecule has 1 atom stereocenters. The highest BCUT2D eigenvalue weighted by Gasteiger charge is 2.29. The second-order valence-electron chi connectivity index (χ2n) is 4.62. The molecule has 7 heteroatoms. The van der Waals surface area contributed by atoms with Gasteiger partial charge in [-0.05, 0) is 19.4 Å². The minimum atomic E-state index is -4.15. The molecule has 0 aromatic carbocycles. The molecule has 0 aromatic heterocycles. The summed E-state index contributed by atoms with van der Waals surface area (Å²) in [5, 5.41) is 5.22. The van der Waals surface area contributed by atoms with Gasteiger partial charge in [-0.15, -0.1) is 0 Å². The van der Waals surface area contributed by atoms with E-state index >= 15 is 0 Å². The lowest BCUT2D eigenvalue weighted by molar-refractivity contribution is -0.127. The maximum atomic E-state index is 12.1. The molecule has 4 nitrogen and oxygen atoms in total. The Balaban J connectivity index is 2.21. The van der Waals surface area contributed by atoms with E-state index in [-0.39, 0.29) is 11.9 Å². The molecular formula is C11H20F3N3O. The van der Waals surface area contributed by atoms with Crippen LogP contribution in [0, 0.1) is 0 Å². The molecule has 1 fully saturated rings. The quantitative estimate of drug-likeness (QED) is 0.772. The van der Waals surface area contributed by atoms with Crippen molar-refractivity contribution >= 4 is 5.91 Å². The van der Waals surface area contributed by atoms with Crippen molar-refractivity contribution in [3.05, 3.63) is 0 Å². The monoisotopic (exact) mass is 267 g/mol. The predicted octanol–water partition coefficient (Wildman–Crippen LogP) is 0.739. The molecule has 0 radical (unpaired) electrons. The number of rotatable bonds is 5. The Kier molecular flexibility index (Phi) is 5.87. The number of hydrogen-bond donors (Lipinski definition) is 2. The van der Waals surface area contributed by atoms with E-state index < -0.39 is 12.7 Å². The van der Waals surface area contributed by atoms with Gasteiger partial charge in [0.15, 0.2) is 0 Å². The Hall–Kier alpha value is -0.820. The molecule has 106 valence electrons. The molecule has 1 saturated heterocycles. The van der Waals surface area contributed by atoms with Crippen LogP contribution in [0.3, 0.4) is 0 Å². The van der Waals surface area contributed by atoms with Crippen molar-refractivity contribution < 1.29 is 18.0 Å². The average molecular weight is 267 g/mol. The van der Waals surface area contributed by atoms with Crippen LogP contribution in [0.4, 0.5) is 13.2 Å². The van der Waals surface area contributed by atoms with Gasteiger partial charge in [0.25, 0.3) is 0 Å². The first kappa shape index (κ1) is 15.2. The minimum absolute atomic E-state index is 0.0845. The minimum Gasteiger partial charge on any atom is -0.355 e. The van der Waals surface area contributed by atoms with Gasteiger partial charge in [0, 0.05) is 32.6 Å². The summed E-state index contributed by atoms with van der Waals surface area (Å²) in [6.07, 6.45) is -2.50. The van der Waals surface area contributed by atoms with E-state index in [2.05, 4.69) is 15.5 Å². The third kappa shape index (κ3) is 6.80. The molecule has 1 rings (SSSR count). The summed E-state index contributed by atoms with van der Waals surface area (Å²) in [4.78, 5) is 12.8. The lowest BCUT2D eigenvalue weighted by atomic mass is 10.1. The average Bonchev–Trinajstić information content (AvgIpc) is 2.26. The fourth-order valence-electron chi connectivity index (χ4n) is 2.08. The topological polar surface area (TPSA) is 44.4 Å². The van der Waals surface area contributed by atoms with Crippen LogP contribution in [0.1, 0.15) is 19.8 Å². The summed E-state index contributed by atoms with van der Waals surface area (Å²) in [6, 6.07) is -0.113. The van der Waals surface area contributed by atoms with E-state index in [9.17, 15) is 18.0 Å². The van der Waals surface area contributed by atoms with E-state index in [1.165, 1.54) is 6.92 Å². The fourth-order valence-corrected chi connectivity index (χ4v) is 2.08. The Morgan fingerprint density at radius 2 is 2.17 bits per heavy atom. The molecule has 1 aliphatic heterocycles. The first-order valence-electron chi connectivity index (χ1n) is 6.14. The molecule has 0 aliphatic carbocycles. The van der Waals surface area contributed by atoms with Gasteiger partial charge in [-0.1, -0.05) is 0 Å². The van der Waals surface area contributed by atoms with Crippen LogP contribution >= 0.6 is 0 Å². The number of piperidine rings is 1. The third-order valence-electron chi connectivity index (χ3n) is 2.90. The SMILES string of the molecule is CC(=O)NCCN1CCCC(NCC(F)(F)F)C1. The van der Waals surface area contributed by atoms with Gasteiger partial charge in [-0.25, -0.2) is 0 Å². The zero-order chi connectivity index (χ0) is 13.6. The number of carbonyl (C=O) groups excluding carboxylic acids is 1. The molecule has 1 amide bonds. The molecule has 1 aliphatic rings. The van der Waals surface area contributed by atoms with Crippen molar-refractivity contribution in [2.45, 2.75) is 32.0 Å². The summed E-state index contributed by atoms with van der Waals surface area (Å²) < 4.78 is 36.2. The first-order valence-corrected chi connectivity index (χ1v) is 6.14. The lowest BCUT2D eigenvalue weighted by Gasteiger charge is -2.33. The maximum Gasteiger partial charge on any atom is 0.401 e. The molecule has 1 unspecified atom stereocenters. The lowest BCUT2D eigenvalue weighted by Crippen LogP contribution is -2.49. The normalized spacial score (nSPS) is 21.9. The van der Waals surface area contributed by atoms with Crippen LogP contribution in [0.15, 0.2) is 0 Å². The molecule has 2 N–H and O–H groups in total. The number of halogens is 3. The van der Waals surface area contributed by atoms with Crippen molar-refractivity contribution in [1.29, 1.82) is 0 Å². The van der Waals surface area contributed by atoms with E-state index in [0.29, 0.717) is 19.6 Å². The van der Waals surface area contributed by atoms with Crippen molar-refractivity contribution in [2.75, 3.05) is 32.7 Å². The molecule has 0 bridgehead atoms. The van der Waals surface area contributed by atoms with E-state index in [4.69, 9.17) is 0 Å². The second-order valence-corrected chi connectivity index (χ2v) is 4.62. The van der Waals surface area contributed by atoms with Crippen LogP contribution in [0.25, 0.3) is 0 Å². The zero-order valence-electron chi connectivity index (χ0n) is 10.5. The van der Waals surface area contributed by atoms with Crippen LogP contribution in [0.5, 0.6) is 0 Å². The van der Waals surface area contributed by atoms with Gasteiger partial charge in [0.2, 0.25) is 5.91 Å². The van der Waals surface area contributed by atoms with Gasteiger partial charge in [-0.2, -0.15) is 13.2 Å². The Morgan fingerprint density at radius 3 is 2.78 bits per heavy atom. The second kappa shape index (κ2) is 6.94. The summed E-state index contributed by atoms with van der Waals surface area (Å²) in [7, 11) is 0. The van der Waals surface area contributed by atoms with Gasteiger partial charge >= 0.3 is 6.18 Å². The number of hydrogen-bond acceptors (Lipinski definition) is 3. The zero-order valence-corrected chi connectivity index (χ0v) is 10.5. The molecular weight excluding hydrogens is 247 g/mol. The first-order chi connectivity index (χ1) is 8.37. The number of alkyl halides is 3. The molecule has 18 heavy (non-hydrogen) atoms. The van der Waals surface area contributed by atoms with Crippen molar-refractivity contribution in [2.24, 2.45) is 0 Å². The summed E-state index contributed by atoms with van der Waals surface area (Å²) in [5.41, 5.74) is 0. The highest BCUT2D eigenvalue weighted by molar-refractivity contribution is 5.72. The van der Waals surface area contributed by atoms with Gasteiger partial charge in [0.1, 0.15) is 0 Å². The molecule has 0 aromatic rings. The van der Waals surface area contributed by atoms with Crippen molar-refractivity contribution in [3.63, 3.8) is 0 Å². The Morgan fingerprint density at radius 1 is 1.44 bits per heavy atom. The molecule has 0 saturated carbocycles. The predicted molar refractivity (Wildman–Crippen MR) is 62.2 cm³/mol. The van der Waals surface area contributed by atoms with Gasteiger partial charge in [0.05, 0.1) is 6.54 Å². The van der Waals surface area contributed by atoms with Crippen LogP contribution in [-0.2, 0) is 4.79 Å². The third-order valence-corrected chi connectivity index (χ3v) is 2.90. The van der Waals surface area contributed by atoms with E-state index in [1.807, 2.05) is 0 Å². The molecule has 1 heterocycles. The highest BCUT2D eigenvalue weighted by Crippen LogP contribution is 2.15. The summed E-state index contributed by atoms with van der Waals surface area (Å²) >= 11 is 0. The smallest absolute Gasteiger partial charge is 0.355 e. The van der Waals surface area contributed by atoms with Crippen molar-refractivity contribution in [1.82, 2.24) is 15.5 Å². The Labute approximate surface area is 105 Å². The number of carbonyl (C=O) groups is 1. The number of amides is 1. The van der Waals surface area contributed by atoms with E-state index in [0.717, 1.165) is 19.4 Å². The number of nitrogens with one attached hydrogen (secondary N) is 2. The van der Waals surface area contributed by atoms with Crippen LogP contribution < -0.4 is 10.6 Å². The standard InChI is InChI=1S/C11H20F3N3O/c1-9(18)15-4-6-17-5-2-3-10(7-17)16-8-11(12,13)14/h10,16H,2-8H2,1H3,(H,15,18). The largest absolute Gasteiger partial charge is 0.401 e. The Bertz CT molecular complexity index is 271. The van der Waals surface area contributed by atoms with E-state index in [1.54, 1.807) is 0 Å². The van der Waals surface area contributed by atoms with Crippen LogP contribution in [0.2, 0.25) is 0 Å². The van der Waals surface area contributed by atoms with Gasteiger partial charge in [-0.3, -0.25) is 4.79 Å².